The van der Waals surface area contributed by atoms with Gasteiger partial charge in [0.1, 0.15) is 0 Å². The largest absolute Gasteiger partial charge is 0.283 e. The number of anilines is 1. The van der Waals surface area contributed by atoms with Gasteiger partial charge in [-0.2, -0.15) is 0 Å². The summed E-state index contributed by atoms with van der Waals surface area (Å²) in [6.07, 6.45) is 3.20. The molecule has 1 aliphatic carbocycles. The first-order chi connectivity index (χ1) is 8.79. The van der Waals surface area contributed by atoms with E-state index in [0.717, 1.165) is 12.8 Å². The molecule has 0 heterocycles. The normalized spacial score (nSPS) is 17.5. The third-order valence-corrected chi connectivity index (χ3v) is 5.98. The van der Waals surface area contributed by atoms with Gasteiger partial charge in [-0.15, -0.1) is 0 Å². The highest BCUT2D eigenvalue weighted by Gasteiger charge is 2.28. The van der Waals surface area contributed by atoms with Crippen molar-refractivity contribution in [2.24, 2.45) is 5.14 Å². The third-order valence-electron chi connectivity index (χ3n) is 3.18. The van der Waals surface area contributed by atoms with E-state index < -0.39 is 20.0 Å². The van der Waals surface area contributed by atoms with Crippen molar-refractivity contribution in [3.05, 3.63) is 24.3 Å². The fourth-order valence-electron chi connectivity index (χ4n) is 2.16. The first kappa shape index (κ1) is 14.3. The van der Waals surface area contributed by atoms with Gasteiger partial charge in [0.05, 0.1) is 10.1 Å². The average Bonchev–Trinajstić information content (AvgIpc) is 2.82. The fraction of sp³-hybridized carbons (Fsp3) is 0.455. The molecule has 1 fully saturated rings. The minimum Gasteiger partial charge on any atom is -0.283 e. The molecule has 3 N–H and O–H groups in total. The lowest BCUT2D eigenvalue weighted by Gasteiger charge is -2.13. The van der Waals surface area contributed by atoms with Gasteiger partial charge in [-0.1, -0.05) is 12.8 Å². The molecule has 0 aromatic heterocycles. The molecule has 6 nitrogen and oxygen atoms in total. The minimum atomic E-state index is -3.76. The zero-order valence-electron chi connectivity index (χ0n) is 10.2. The van der Waals surface area contributed by atoms with E-state index in [2.05, 4.69) is 4.72 Å². The van der Waals surface area contributed by atoms with Crippen molar-refractivity contribution >= 4 is 25.7 Å². The van der Waals surface area contributed by atoms with Gasteiger partial charge in [-0.05, 0) is 37.1 Å². The number of benzene rings is 1. The maximum absolute atomic E-state index is 12.0. The van der Waals surface area contributed by atoms with Crippen LogP contribution in [0.25, 0.3) is 0 Å². The molecular formula is C11H16N2O4S2. The Balaban J connectivity index is 2.16. The van der Waals surface area contributed by atoms with Crippen molar-refractivity contribution in [2.75, 3.05) is 4.72 Å². The molecule has 1 aliphatic rings. The molecular weight excluding hydrogens is 288 g/mol. The van der Waals surface area contributed by atoms with E-state index in [0.29, 0.717) is 18.5 Å². The SMILES string of the molecule is NS(=O)(=O)c1ccc(NS(=O)(=O)C2CCCC2)cc1. The third kappa shape index (κ3) is 3.46. The fourth-order valence-corrected chi connectivity index (χ4v) is 4.26. The van der Waals surface area contributed by atoms with Crippen molar-refractivity contribution in [1.82, 2.24) is 0 Å². The van der Waals surface area contributed by atoms with Crippen molar-refractivity contribution in [2.45, 2.75) is 35.8 Å². The summed E-state index contributed by atoms with van der Waals surface area (Å²) >= 11 is 0. The first-order valence-electron chi connectivity index (χ1n) is 5.93. The van der Waals surface area contributed by atoms with Crippen molar-refractivity contribution < 1.29 is 16.8 Å². The Morgan fingerprint density at radius 2 is 1.53 bits per heavy atom. The van der Waals surface area contributed by atoms with Gasteiger partial charge < -0.3 is 0 Å². The second-order valence-corrected chi connectivity index (χ2v) is 8.15. The molecule has 0 saturated heterocycles. The molecule has 19 heavy (non-hydrogen) atoms. The molecule has 0 bridgehead atoms. The van der Waals surface area contributed by atoms with E-state index in [1.165, 1.54) is 24.3 Å². The molecule has 1 aromatic rings. The summed E-state index contributed by atoms with van der Waals surface area (Å²) in [6, 6.07) is 5.35. The van der Waals surface area contributed by atoms with Gasteiger partial charge in [0.25, 0.3) is 0 Å². The molecule has 8 heteroatoms. The Bertz CT molecular complexity index is 644. The van der Waals surface area contributed by atoms with Crippen LogP contribution < -0.4 is 9.86 Å². The molecule has 0 amide bonds. The number of nitrogens with one attached hydrogen (secondary N) is 1. The van der Waals surface area contributed by atoms with Crippen LogP contribution in [0.5, 0.6) is 0 Å². The predicted octanol–water partition coefficient (Wildman–Crippen LogP) is 1.02. The summed E-state index contributed by atoms with van der Waals surface area (Å²) in [6.45, 7) is 0. The van der Waals surface area contributed by atoms with Crippen molar-refractivity contribution in [3.63, 3.8) is 0 Å². The molecule has 2 rings (SSSR count). The minimum absolute atomic E-state index is 0.0451. The van der Waals surface area contributed by atoms with E-state index in [1.54, 1.807) is 0 Å². The van der Waals surface area contributed by atoms with Gasteiger partial charge in [-0.25, -0.2) is 22.0 Å². The summed E-state index contributed by atoms with van der Waals surface area (Å²) in [7, 11) is -7.15. The van der Waals surface area contributed by atoms with E-state index in [-0.39, 0.29) is 10.1 Å². The van der Waals surface area contributed by atoms with Crippen molar-refractivity contribution in [3.8, 4) is 0 Å². The molecule has 1 saturated carbocycles. The Morgan fingerprint density at radius 3 is 2.00 bits per heavy atom. The summed E-state index contributed by atoms with van der Waals surface area (Å²) < 4.78 is 48.7. The first-order valence-corrected chi connectivity index (χ1v) is 9.03. The molecule has 0 unspecified atom stereocenters. The van der Waals surface area contributed by atoms with Crippen LogP contribution >= 0.6 is 0 Å². The smallest absolute Gasteiger partial charge is 0.238 e. The number of rotatable bonds is 4. The van der Waals surface area contributed by atoms with E-state index >= 15 is 0 Å². The Labute approximate surface area is 113 Å². The number of hydrogen-bond acceptors (Lipinski definition) is 4. The zero-order chi connectivity index (χ0) is 14.1. The van der Waals surface area contributed by atoms with Gasteiger partial charge in [0.15, 0.2) is 0 Å². The van der Waals surface area contributed by atoms with Crippen LogP contribution in [-0.2, 0) is 20.0 Å². The maximum atomic E-state index is 12.0. The lowest BCUT2D eigenvalue weighted by molar-refractivity contribution is 0.585. The standard InChI is InChI=1S/C11H16N2O4S2/c12-18(14,15)10-7-5-9(6-8-10)13-19(16,17)11-3-1-2-4-11/h5-8,11,13H,1-4H2,(H2,12,14,15). The van der Waals surface area contributed by atoms with Crippen molar-refractivity contribution in [1.29, 1.82) is 0 Å². The average molecular weight is 304 g/mol. The summed E-state index contributed by atoms with van der Waals surface area (Å²) in [5, 5.41) is 4.61. The summed E-state index contributed by atoms with van der Waals surface area (Å²) in [5.41, 5.74) is 0.347. The van der Waals surface area contributed by atoms with Gasteiger partial charge in [0.2, 0.25) is 20.0 Å². The van der Waals surface area contributed by atoms with Gasteiger partial charge in [0, 0.05) is 5.69 Å². The lowest BCUT2D eigenvalue weighted by atomic mass is 10.3. The van der Waals surface area contributed by atoms with Crippen LogP contribution in [0.1, 0.15) is 25.7 Å². The van der Waals surface area contributed by atoms with E-state index in [1.807, 2.05) is 0 Å². The van der Waals surface area contributed by atoms with Crippen LogP contribution in [-0.4, -0.2) is 22.1 Å². The summed E-state index contributed by atoms with van der Waals surface area (Å²) in [5.74, 6) is 0. The highest BCUT2D eigenvalue weighted by Crippen LogP contribution is 2.26. The predicted molar refractivity (Wildman–Crippen MR) is 72.6 cm³/mol. The molecule has 106 valence electrons. The number of hydrogen-bond donors (Lipinski definition) is 2. The number of nitrogens with two attached hydrogens (primary N) is 1. The van der Waals surface area contributed by atoms with Gasteiger partial charge >= 0.3 is 0 Å². The van der Waals surface area contributed by atoms with Crippen LogP contribution in [0.2, 0.25) is 0 Å². The Hall–Kier alpha value is -1.12. The number of sulfonamides is 2. The topological polar surface area (TPSA) is 106 Å². The van der Waals surface area contributed by atoms with E-state index in [9.17, 15) is 16.8 Å². The van der Waals surface area contributed by atoms with Gasteiger partial charge in [-0.3, -0.25) is 4.72 Å². The molecule has 0 radical (unpaired) electrons. The van der Waals surface area contributed by atoms with Crippen LogP contribution in [0.4, 0.5) is 5.69 Å². The second-order valence-electron chi connectivity index (χ2n) is 4.62. The second kappa shape index (κ2) is 5.10. The molecule has 0 atom stereocenters. The highest BCUT2D eigenvalue weighted by atomic mass is 32.2. The lowest BCUT2D eigenvalue weighted by Crippen LogP contribution is -2.25. The Morgan fingerprint density at radius 1 is 1.00 bits per heavy atom. The van der Waals surface area contributed by atoms with Crippen LogP contribution in [0, 0.1) is 0 Å². The van der Waals surface area contributed by atoms with E-state index in [4.69, 9.17) is 5.14 Å². The van der Waals surface area contributed by atoms with Crippen LogP contribution in [0.3, 0.4) is 0 Å². The Kier molecular flexibility index (Phi) is 3.84. The molecule has 0 aliphatic heterocycles. The zero-order valence-corrected chi connectivity index (χ0v) is 11.9. The highest BCUT2D eigenvalue weighted by molar-refractivity contribution is 7.93. The molecule has 0 spiro atoms. The monoisotopic (exact) mass is 304 g/mol. The molecule has 1 aromatic carbocycles. The number of primary sulfonamides is 1. The quantitative estimate of drug-likeness (QED) is 0.866. The maximum Gasteiger partial charge on any atom is 0.238 e. The van der Waals surface area contributed by atoms with Crippen LogP contribution in [0.15, 0.2) is 29.2 Å². The summed E-state index contributed by atoms with van der Waals surface area (Å²) in [4.78, 5) is -0.0451.